The van der Waals surface area contributed by atoms with Crippen molar-refractivity contribution in [2.45, 2.75) is 6.42 Å². The van der Waals surface area contributed by atoms with Crippen LogP contribution in [0.15, 0.2) is 36.5 Å². The van der Waals surface area contributed by atoms with E-state index in [1.165, 1.54) is 18.3 Å². The first-order valence-electron chi connectivity index (χ1n) is 7.57. The van der Waals surface area contributed by atoms with Crippen molar-refractivity contribution in [1.29, 1.82) is 0 Å². The Kier molecular flexibility index (Phi) is 6.20. The monoisotopic (exact) mass is 334 g/mol. The SMILES string of the molecule is CN(C)CCCNC(=O)c1cc(Nc2ccc(F)cc2F)ccn1. The zero-order chi connectivity index (χ0) is 17.5. The summed E-state index contributed by atoms with van der Waals surface area (Å²) in [5.41, 5.74) is 0.848. The number of benzene rings is 1. The fourth-order valence-corrected chi connectivity index (χ4v) is 2.07. The van der Waals surface area contributed by atoms with Gasteiger partial charge < -0.3 is 15.5 Å². The molecule has 5 nitrogen and oxygen atoms in total. The van der Waals surface area contributed by atoms with Gasteiger partial charge in [-0.05, 0) is 51.3 Å². The Morgan fingerprint density at radius 1 is 1.21 bits per heavy atom. The average Bonchev–Trinajstić information content (AvgIpc) is 2.54. The minimum absolute atomic E-state index is 0.125. The molecule has 0 fully saturated rings. The van der Waals surface area contributed by atoms with E-state index in [2.05, 4.69) is 15.6 Å². The number of halogens is 2. The molecule has 128 valence electrons. The van der Waals surface area contributed by atoms with Gasteiger partial charge in [-0.15, -0.1) is 0 Å². The van der Waals surface area contributed by atoms with Crippen molar-refractivity contribution in [3.8, 4) is 0 Å². The largest absolute Gasteiger partial charge is 0.353 e. The molecule has 2 aromatic rings. The quantitative estimate of drug-likeness (QED) is 0.765. The fourth-order valence-electron chi connectivity index (χ4n) is 2.07. The van der Waals surface area contributed by atoms with E-state index in [0.717, 1.165) is 25.1 Å². The third kappa shape index (κ3) is 5.27. The van der Waals surface area contributed by atoms with Gasteiger partial charge in [0.2, 0.25) is 0 Å². The Hall–Kier alpha value is -2.54. The summed E-state index contributed by atoms with van der Waals surface area (Å²) in [5.74, 6) is -1.65. The normalized spacial score (nSPS) is 10.7. The fraction of sp³-hybridized carbons (Fsp3) is 0.294. The lowest BCUT2D eigenvalue weighted by molar-refractivity contribution is 0.0947. The van der Waals surface area contributed by atoms with Gasteiger partial charge in [-0.1, -0.05) is 0 Å². The molecule has 0 aliphatic carbocycles. The van der Waals surface area contributed by atoms with Gasteiger partial charge in [-0.2, -0.15) is 0 Å². The Bertz CT molecular complexity index is 707. The van der Waals surface area contributed by atoms with E-state index in [1.54, 1.807) is 6.07 Å². The average molecular weight is 334 g/mol. The van der Waals surface area contributed by atoms with E-state index in [1.807, 2.05) is 19.0 Å². The molecule has 2 rings (SSSR count). The predicted octanol–water partition coefficient (Wildman–Crippen LogP) is 2.78. The number of amides is 1. The van der Waals surface area contributed by atoms with Gasteiger partial charge >= 0.3 is 0 Å². The molecule has 0 aliphatic rings. The summed E-state index contributed by atoms with van der Waals surface area (Å²) in [6.07, 6.45) is 2.29. The van der Waals surface area contributed by atoms with Gasteiger partial charge in [0.15, 0.2) is 0 Å². The van der Waals surface area contributed by atoms with Crippen molar-refractivity contribution in [1.82, 2.24) is 15.2 Å². The standard InChI is InChI=1S/C17H20F2N4O/c1-23(2)9-3-7-21-17(24)16-11-13(6-8-20-16)22-15-5-4-12(18)10-14(15)19/h4-6,8,10-11H,3,7,9H2,1-2H3,(H,20,22)(H,21,24). The van der Waals surface area contributed by atoms with E-state index in [4.69, 9.17) is 0 Å². The second kappa shape index (κ2) is 8.35. The highest BCUT2D eigenvalue weighted by atomic mass is 19.1. The molecular weight excluding hydrogens is 314 g/mol. The van der Waals surface area contributed by atoms with Crippen LogP contribution in [0.2, 0.25) is 0 Å². The smallest absolute Gasteiger partial charge is 0.269 e. The van der Waals surface area contributed by atoms with E-state index in [0.29, 0.717) is 12.2 Å². The summed E-state index contributed by atoms with van der Waals surface area (Å²) >= 11 is 0. The third-order valence-electron chi connectivity index (χ3n) is 3.27. The predicted molar refractivity (Wildman–Crippen MR) is 89.4 cm³/mol. The van der Waals surface area contributed by atoms with Crippen molar-refractivity contribution in [2.24, 2.45) is 0 Å². The van der Waals surface area contributed by atoms with Crippen molar-refractivity contribution < 1.29 is 13.6 Å². The number of nitrogens with zero attached hydrogens (tertiary/aromatic N) is 2. The Balaban J connectivity index is 1.99. The van der Waals surface area contributed by atoms with Gasteiger partial charge in [0, 0.05) is 24.5 Å². The summed E-state index contributed by atoms with van der Waals surface area (Å²) < 4.78 is 26.6. The summed E-state index contributed by atoms with van der Waals surface area (Å²) in [6, 6.07) is 6.37. The van der Waals surface area contributed by atoms with E-state index in [-0.39, 0.29) is 17.3 Å². The minimum atomic E-state index is -0.707. The summed E-state index contributed by atoms with van der Waals surface area (Å²) in [7, 11) is 3.93. The number of carbonyl (C=O) groups is 1. The van der Waals surface area contributed by atoms with Crippen molar-refractivity contribution in [3.05, 3.63) is 53.9 Å². The highest BCUT2D eigenvalue weighted by molar-refractivity contribution is 5.93. The lowest BCUT2D eigenvalue weighted by Crippen LogP contribution is -2.27. The van der Waals surface area contributed by atoms with Crippen LogP contribution < -0.4 is 10.6 Å². The minimum Gasteiger partial charge on any atom is -0.353 e. The molecule has 0 spiro atoms. The molecule has 7 heteroatoms. The van der Waals surface area contributed by atoms with Crippen LogP contribution in [-0.4, -0.2) is 43.0 Å². The highest BCUT2D eigenvalue weighted by Gasteiger charge is 2.09. The maximum Gasteiger partial charge on any atom is 0.269 e. The summed E-state index contributed by atoms with van der Waals surface area (Å²) in [5, 5.41) is 5.59. The first kappa shape index (κ1) is 17.8. The molecule has 0 bridgehead atoms. The van der Waals surface area contributed by atoms with Crippen molar-refractivity contribution >= 4 is 17.3 Å². The molecule has 0 saturated carbocycles. The van der Waals surface area contributed by atoms with Crippen molar-refractivity contribution in [2.75, 3.05) is 32.5 Å². The molecule has 0 atom stereocenters. The molecule has 0 aliphatic heterocycles. The zero-order valence-electron chi connectivity index (χ0n) is 13.6. The topological polar surface area (TPSA) is 57.3 Å². The molecule has 1 amide bonds. The third-order valence-corrected chi connectivity index (χ3v) is 3.27. The Morgan fingerprint density at radius 3 is 2.71 bits per heavy atom. The lowest BCUT2D eigenvalue weighted by atomic mass is 10.2. The second-order valence-electron chi connectivity index (χ2n) is 5.59. The number of hydrogen-bond donors (Lipinski definition) is 2. The molecule has 1 heterocycles. The first-order chi connectivity index (χ1) is 11.5. The van der Waals surface area contributed by atoms with Crippen LogP contribution in [0.4, 0.5) is 20.2 Å². The number of aromatic nitrogens is 1. The number of carbonyl (C=O) groups excluding carboxylic acids is 1. The first-order valence-corrected chi connectivity index (χ1v) is 7.57. The van der Waals surface area contributed by atoms with Crippen LogP contribution in [0.1, 0.15) is 16.9 Å². The molecule has 1 aromatic carbocycles. The van der Waals surface area contributed by atoms with Crippen LogP contribution in [-0.2, 0) is 0 Å². The van der Waals surface area contributed by atoms with Crippen LogP contribution in [0, 0.1) is 11.6 Å². The van der Waals surface area contributed by atoms with E-state index in [9.17, 15) is 13.6 Å². The van der Waals surface area contributed by atoms with Crippen LogP contribution in [0.3, 0.4) is 0 Å². The number of hydrogen-bond acceptors (Lipinski definition) is 4. The zero-order valence-corrected chi connectivity index (χ0v) is 13.6. The maximum absolute atomic E-state index is 13.7. The van der Waals surface area contributed by atoms with Gasteiger partial charge in [0.25, 0.3) is 5.91 Å². The molecule has 24 heavy (non-hydrogen) atoms. The Labute approximate surface area is 139 Å². The van der Waals surface area contributed by atoms with Gasteiger partial charge in [0.05, 0.1) is 5.69 Å². The van der Waals surface area contributed by atoms with Crippen LogP contribution in [0.25, 0.3) is 0 Å². The summed E-state index contributed by atoms with van der Waals surface area (Å²) in [4.78, 5) is 18.1. The van der Waals surface area contributed by atoms with Gasteiger partial charge in [-0.25, -0.2) is 8.78 Å². The molecule has 1 aromatic heterocycles. The van der Waals surface area contributed by atoms with Gasteiger partial charge in [0.1, 0.15) is 17.3 Å². The highest BCUT2D eigenvalue weighted by Crippen LogP contribution is 2.20. The van der Waals surface area contributed by atoms with E-state index < -0.39 is 11.6 Å². The molecule has 2 N–H and O–H groups in total. The number of pyridine rings is 1. The molecular formula is C17H20F2N4O. The lowest BCUT2D eigenvalue weighted by Gasteiger charge is -2.11. The summed E-state index contributed by atoms with van der Waals surface area (Å²) in [6.45, 7) is 1.42. The second-order valence-corrected chi connectivity index (χ2v) is 5.59. The maximum atomic E-state index is 13.7. The number of rotatable bonds is 7. The van der Waals surface area contributed by atoms with Crippen molar-refractivity contribution in [3.63, 3.8) is 0 Å². The van der Waals surface area contributed by atoms with E-state index >= 15 is 0 Å². The molecule has 0 radical (unpaired) electrons. The van der Waals surface area contributed by atoms with Crippen LogP contribution >= 0.6 is 0 Å². The molecule has 0 unspecified atom stereocenters. The molecule has 0 saturated heterocycles. The Morgan fingerprint density at radius 2 is 2.00 bits per heavy atom. The van der Waals surface area contributed by atoms with Gasteiger partial charge in [-0.3, -0.25) is 9.78 Å². The van der Waals surface area contributed by atoms with Crippen LogP contribution in [0.5, 0.6) is 0 Å². The number of anilines is 2. The number of nitrogens with one attached hydrogen (secondary N) is 2.